The number of ether oxygens (including phenoxy) is 1. The van der Waals surface area contributed by atoms with Crippen LogP contribution in [0.4, 0.5) is 0 Å². The zero-order valence-corrected chi connectivity index (χ0v) is 25.3. The van der Waals surface area contributed by atoms with Gasteiger partial charge in [-0.1, -0.05) is 46.1 Å². The number of carbonyl (C=O) groups is 1. The Balaban J connectivity index is 1.31. The van der Waals surface area contributed by atoms with Crippen molar-refractivity contribution in [3.05, 3.63) is 97.1 Å². The molecule has 2 aromatic carbocycles. The average molecular weight is 616 g/mol. The van der Waals surface area contributed by atoms with Crippen LogP contribution in [0.5, 0.6) is 5.75 Å². The molecule has 2 aromatic heterocycles. The van der Waals surface area contributed by atoms with Crippen molar-refractivity contribution in [3.8, 4) is 17.1 Å². The van der Waals surface area contributed by atoms with E-state index in [0.29, 0.717) is 63.9 Å². The molecule has 1 fully saturated rings. The van der Waals surface area contributed by atoms with Crippen LogP contribution in [-0.2, 0) is 5.54 Å². The highest BCUT2D eigenvalue weighted by molar-refractivity contribution is 6.43. The first-order valence-corrected chi connectivity index (χ1v) is 14.1. The zero-order chi connectivity index (χ0) is 29.5. The second-order valence-corrected chi connectivity index (χ2v) is 11.6. The summed E-state index contributed by atoms with van der Waals surface area (Å²) in [5, 5.41) is 9.83. The van der Waals surface area contributed by atoms with Crippen LogP contribution in [-0.4, -0.2) is 68.6 Å². The summed E-state index contributed by atoms with van der Waals surface area (Å²) in [6.45, 7) is 8.37. The van der Waals surface area contributed by atoms with Crippen molar-refractivity contribution in [2.75, 3.05) is 33.3 Å². The molecule has 9 nitrogen and oxygen atoms in total. The highest BCUT2D eigenvalue weighted by Gasteiger charge is 2.35. The van der Waals surface area contributed by atoms with Crippen LogP contribution < -0.4 is 10.3 Å². The highest BCUT2D eigenvalue weighted by atomic mass is 35.5. The van der Waals surface area contributed by atoms with Crippen molar-refractivity contribution in [2.45, 2.75) is 26.3 Å². The van der Waals surface area contributed by atoms with Gasteiger partial charge in [0.15, 0.2) is 0 Å². The van der Waals surface area contributed by atoms with E-state index in [1.165, 1.54) is 10.6 Å². The Hall–Kier alpha value is -3.37. The van der Waals surface area contributed by atoms with Gasteiger partial charge in [0.1, 0.15) is 11.4 Å². The van der Waals surface area contributed by atoms with Gasteiger partial charge in [0.05, 0.1) is 50.9 Å². The Morgan fingerprint density at radius 2 is 1.61 bits per heavy atom. The summed E-state index contributed by atoms with van der Waals surface area (Å²) in [6.07, 6.45) is 3.41. The van der Waals surface area contributed by atoms with Gasteiger partial charge in [0, 0.05) is 38.4 Å². The first kappa shape index (κ1) is 29.1. The van der Waals surface area contributed by atoms with E-state index in [2.05, 4.69) is 29.1 Å². The van der Waals surface area contributed by atoms with Crippen molar-refractivity contribution < 1.29 is 9.53 Å². The molecular weight excluding hydrogens is 587 g/mol. The van der Waals surface area contributed by atoms with Crippen LogP contribution in [0.25, 0.3) is 11.4 Å². The maximum Gasteiger partial charge on any atom is 0.255 e. The summed E-state index contributed by atoms with van der Waals surface area (Å²) in [7, 11) is 1.55. The zero-order valence-electron chi connectivity index (χ0n) is 23.1. The number of hydrogen-bond acceptors (Lipinski definition) is 6. The van der Waals surface area contributed by atoms with Gasteiger partial charge in [0.25, 0.3) is 11.5 Å². The largest absolute Gasteiger partial charge is 0.495 e. The van der Waals surface area contributed by atoms with E-state index in [4.69, 9.17) is 39.5 Å². The standard InChI is InChI=1S/C29H29Cl3N6O3/c1-18-5-7-25(41-4)24(13-18)37-16-19(6-8-27(37)39)28(40)35-9-11-36(12-10-35)29(2,3)26-17-38(34-33-26)23-15-21(31)20(30)14-22(23)32/h5-8,13-17H,9-12H2,1-4H3. The van der Waals surface area contributed by atoms with E-state index in [-0.39, 0.29) is 11.5 Å². The Labute approximate surface area is 252 Å². The molecule has 1 amide bonds. The number of hydrogen-bond donors (Lipinski definition) is 0. The molecule has 0 saturated carbocycles. The maximum atomic E-state index is 13.5. The molecule has 214 valence electrons. The van der Waals surface area contributed by atoms with E-state index in [1.807, 2.05) is 31.3 Å². The average Bonchev–Trinajstić information content (AvgIpc) is 3.46. The molecule has 0 radical (unpaired) electrons. The minimum atomic E-state index is -0.467. The number of aromatic nitrogens is 4. The lowest BCUT2D eigenvalue weighted by Crippen LogP contribution is -2.54. The number of amides is 1. The van der Waals surface area contributed by atoms with E-state index in [1.54, 1.807) is 41.1 Å². The number of rotatable bonds is 6. The van der Waals surface area contributed by atoms with E-state index in [0.717, 1.165) is 11.3 Å². The van der Waals surface area contributed by atoms with Gasteiger partial charge in [-0.15, -0.1) is 5.10 Å². The third-order valence-electron chi connectivity index (χ3n) is 7.47. The molecule has 0 N–H and O–H groups in total. The summed E-state index contributed by atoms with van der Waals surface area (Å²) in [4.78, 5) is 30.3. The Kier molecular flexibility index (Phi) is 8.16. The van der Waals surface area contributed by atoms with Crippen LogP contribution in [0.3, 0.4) is 0 Å². The second-order valence-electron chi connectivity index (χ2n) is 10.4. The number of nitrogens with zero attached hydrogens (tertiary/aromatic N) is 6. The lowest BCUT2D eigenvalue weighted by atomic mass is 9.97. The molecular formula is C29H29Cl3N6O3. The van der Waals surface area contributed by atoms with Gasteiger partial charge in [-0.25, -0.2) is 4.68 Å². The predicted molar refractivity (Wildman–Crippen MR) is 160 cm³/mol. The summed E-state index contributed by atoms with van der Waals surface area (Å²) in [5.41, 5.74) is 2.62. The normalized spacial score (nSPS) is 14.4. The highest BCUT2D eigenvalue weighted by Crippen LogP contribution is 2.33. The van der Waals surface area contributed by atoms with Gasteiger partial charge in [-0.2, -0.15) is 0 Å². The molecule has 4 aromatic rings. The molecule has 12 heteroatoms. The summed E-state index contributed by atoms with van der Waals surface area (Å²) in [6, 6.07) is 11.8. The van der Waals surface area contributed by atoms with Gasteiger partial charge >= 0.3 is 0 Å². The van der Waals surface area contributed by atoms with Crippen molar-refractivity contribution in [1.29, 1.82) is 0 Å². The number of carbonyl (C=O) groups excluding carboxylic acids is 1. The van der Waals surface area contributed by atoms with Crippen LogP contribution in [0.1, 0.15) is 35.5 Å². The first-order chi connectivity index (χ1) is 19.5. The van der Waals surface area contributed by atoms with Crippen LogP contribution in [0.15, 0.2) is 59.7 Å². The van der Waals surface area contributed by atoms with E-state index < -0.39 is 5.54 Å². The van der Waals surface area contributed by atoms with Crippen molar-refractivity contribution in [2.24, 2.45) is 0 Å². The number of benzene rings is 2. The summed E-state index contributed by atoms with van der Waals surface area (Å²) in [5.74, 6) is 0.416. The number of aryl methyl sites for hydroxylation is 1. The Bertz CT molecular complexity index is 1670. The second kappa shape index (κ2) is 11.5. The Morgan fingerprint density at radius 1 is 0.902 bits per heavy atom. The molecule has 1 aliphatic heterocycles. The fraction of sp³-hybridized carbons (Fsp3) is 0.310. The molecule has 1 aliphatic rings. The van der Waals surface area contributed by atoms with Gasteiger partial charge in [-0.05, 0) is 56.7 Å². The van der Waals surface area contributed by atoms with Crippen LogP contribution in [0.2, 0.25) is 15.1 Å². The number of pyridine rings is 1. The lowest BCUT2D eigenvalue weighted by molar-refractivity contribution is 0.0378. The van der Waals surface area contributed by atoms with Crippen LogP contribution in [0, 0.1) is 6.92 Å². The van der Waals surface area contributed by atoms with Crippen molar-refractivity contribution in [1.82, 2.24) is 29.4 Å². The van der Waals surface area contributed by atoms with E-state index in [9.17, 15) is 9.59 Å². The van der Waals surface area contributed by atoms with E-state index >= 15 is 0 Å². The van der Waals surface area contributed by atoms with Gasteiger partial charge < -0.3 is 9.64 Å². The number of piperazine rings is 1. The van der Waals surface area contributed by atoms with Crippen molar-refractivity contribution >= 4 is 40.7 Å². The summed E-state index contributed by atoms with van der Waals surface area (Å²) >= 11 is 18.6. The molecule has 0 unspecified atom stereocenters. The molecule has 1 saturated heterocycles. The monoisotopic (exact) mass is 614 g/mol. The predicted octanol–water partition coefficient (Wildman–Crippen LogP) is 5.39. The fourth-order valence-electron chi connectivity index (χ4n) is 4.95. The lowest BCUT2D eigenvalue weighted by Gasteiger charge is -2.43. The van der Waals surface area contributed by atoms with Crippen molar-refractivity contribution in [3.63, 3.8) is 0 Å². The molecule has 3 heterocycles. The SMILES string of the molecule is COc1ccc(C)cc1-n1cc(C(=O)N2CCN(C(C)(C)c3cn(-c4cc(Cl)c(Cl)cc4Cl)nn3)CC2)ccc1=O. The molecule has 0 atom stereocenters. The number of halogens is 3. The maximum absolute atomic E-state index is 13.5. The Morgan fingerprint density at radius 3 is 2.32 bits per heavy atom. The third-order valence-corrected chi connectivity index (χ3v) is 8.49. The van der Waals surface area contributed by atoms with Gasteiger partial charge in [0.2, 0.25) is 0 Å². The molecule has 0 bridgehead atoms. The number of methoxy groups -OCH3 is 1. The fourth-order valence-corrected chi connectivity index (χ4v) is 5.58. The molecule has 41 heavy (non-hydrogen) atoms. The molecule has 5 rings (SSSR count). The minimum Gasteiger partial charge on any atom is -0.495 e. The van der Waals surface area contributed by atoms with Crippen LogP contribution >= 0.6 is 34.8 Å². The molecule has 0 spiro atoms. The molecule has 0 aliphatic carbocycles. The topological polar surface area (TPSA) is 85.5 Å². The van der Waals surface area contributed by atoms with Gasteiger partial charge in [-0.3, -0.25) is 19.1 Å². The smallest absolute Gasteiger partial charge is 0.255 e. The third kappa shape index (κ3) is 5.72. The first-order valence-electron chi connectivity index (χ1n) is 13.0. The quantitative estimate of drug-likeness (QED) is 0.271. The summed E-state index contributed by atoms with van der Waals surface area (Å²) < 4.78 is 8.50. The minimum absolute atomic E-state index is 0.136.